The van der Waals surface area contributed by atoms with Crippen molar-refractivity contribution in [2.24, 2.45) is 0 Å². The van der Waals surface area contributed by atoms with E-state index in [1.54, 1.807) is 24.3 Å². The molecule has 2 aromatic rings. The van der Waals surface area contributed by atoms with Crippen LogP contribution in [0.2, 0.25) is 0 Å². The molecule has 100 valence electrons. The first-order chi connectivity index (χ1) is 9.61. The highest BCUT2D eigenvalue weighted by Crippen LogP contribution is 2.17. The van der Waals surface area contributed by atoms with Crippen LogP contribution in [0, 0.1) is 25.2 Å². The van der Waals surface area contributed by atoms with Crippen LogP contribution < -0.4 is 0 Å². The lowest BCUT2D eigenvalue weighted by Gasteiger charge is -2.09. The van der Waals surface area contributed by atoms with Gasteiger partial charge < -0.3 is 0 Å². The summed E-state index contributed by atoms with van der Waals surface area (Å²) in [5.41, 5.74) is 4.98. The van der Waals surface area contributed by atoms with E-state index in [9.17, 15) is 4.79 Å². The van der Waals surface area contributed by atoms with Gasteiger partial charge in [-0.15, -0.1) is 0 Å². The average Bonchev–Trinajstić information content (AvgIpc) is 2.46. The molecule has 0 N–H and O–H groups in total. The predicted octanol–water partition coefficient (Wildman–Crippen LogP) is 3.99. The van der Waals surface area contributed by atoms with Crippen LogP contribution in [-0.4, -0.2) is 5.78 Å². The minimum atomic E-state index is 0.122. The topological polar surface area (TPSA) is 40.9 Å². The average molecular weight is 263 g/mol. The minimum absolute atomic E-state index is 0.122. The Kier molecular flexibility index (Phi) is 4.32. The lowest BCUT2D eigenvalue weighted by molar-refractivity contribution is 0.0983. The first kappa shape index (κ1) is 14.0. The second-order valence-corrected chi connectivity index (χ2v) is 4.98. The van der Waals surface area contributed by atoms with Crippen LogP contribution in [0.25, 0.3) is 0 Å². The van der Waals surface area contributed by atoms with Gasteiger partial charge in [0, 0.05) is 12.0 Å². The fraction of sp³-hybridized carbons (Fsp3) is 0.222. The summed E-state index contributed by atoms with van der Waals surface area (Å²) < 4.78 is 0. The molecule has 0 bridgehead atoms. The van der Waals surface area contributed by atoms with E-state index in [2.05, 4.69) is 32.0 Å². The van der Waals surface area contributed by atoms with Crippen LogP contribution in [-0.2, 0) is 6.42 Å². The van der Waals surface area contributed by atoms with Gasteiger partial charge >= 0.3 is 0 Å². The molecule has 0 saturated carbocycles. The molecule has 0 spiro atoms. The zero-order chi connectivity index (χ0) is 14.5. The summed E-state index contributed by atoms with van der Waals surface area (Å²) in [7, 11) is 0. The van der Waals surface area contributed by atoms with E-state index in [-0.39, 0.29) is 5.78 Å². The molecular weight excluding hydrogens is 246 g/mol. The Hall–Kier alpha value is -2.40. The Bertz CT molecular complexity index is 643. The lowest BCUT2D eigenvalue weighted by Crippen LogP contribution is -2.03. The normalized spacial score (nSPS) is 10.1. The molecule has 0 saturated heterocycles. The van der Waals surface area contributed by atoms with Crippen molar-refractivity contribution < 1.29 is 4.79 Å². The molecule has 2 nitrogen and oxygen atoms in total. The molecular formula is C18H17NO. The monoisotopic (exact) mass is 263 g/mol. The van der Waals surface area contributed by atoms with E-state index < -0.39 is 0 Å². The number of rotatable bonds is 4. The number of carbonyl (C=O) groups excluding carboxylic acids is 1. The van der Waals surface area contributed by atoms with Gasteiger partial charge in [0.2, 0.25) is 0 Å². The molecule has 20 heavy (non-hydrogen) atoms. The number of nitriles is 1. The Morgan fingerprint density at radius 1 is 1.05 bits per heavy atom. The number of ketones is 1. The largest absolute Gasteiger partial charge is 0.294 e. The van der Waals surface area contributed by atoms with Crippen LogP contribution in [0.5, 0.6) is 0 Å². The van der Waals surface area contributed by atoms with Crippen molar-refractivity contribution in [1.29, 1.82) is 5.26 Å². The van der Waals surface area contributed by atoms with E-state index in [1.165, 1.54) is 16.7 Å². The molecule has 2 aromatic carbocycles. The smallest absolute Gasteiger partial charge is 0.163 e. The third kappa shape index (κ3) is 3.13. The predicted molar refractivity (Wildman–Crippen MR) is 79.7 cm³/mol. The van der Waals surface area contributed by atoms with Crippen molar-refractivity contribution in [3.8, 4) is 6.07 Å². The lowest BCUT2D eigenvalue weighted by atomic mass is 9.96. The van der Waals surface area contributed by atoms with Gasteiger partial charge in [-0.3, -0.25) is 4.79 Å². The molecule has 0 unspecified atom stereocenters. The van der Waals surface area contributed by atoms with E-state index in [1.807, 2.05) is 6.07 Å². The summed E-state index contributed by atoms with van der Waals surface area (Å²) in [4.78, 5) is 12.2. The van der Waals surface area contributed by atoms with Gasteiger partial charge in [0.05, 0.1) is 11.6 Å². The molecule has 0 atom stereocenters. The fourth-order valence-electron chi connectivity index (χ4n) is 2.36. The standard InChI is InChI=1S/C18H17NO/c1-13-4-3-5-14(2)17(13)10-11-18(20)16-8-6-15(12-19)7-9-16/h3-9H,10-11H2,1-2H3. The summed E-state index contributed by atoms with van der Waals surface area (Å²) >= 11 is 0. The molecule has 0 radical (unpaired) electrons. The van der Waals surface area contributed by atoms with Gasteiger partial charge in [0.15, 0.2) is 5.78 Å². The van der Waals surface area contributed by atoms with Gasteiger partial charge in [-0.1, -0.05) is 30.3 Å². The van der Waals surface area contributed by atoms with Crippen molar-refractivity contribution in [2.45, 2.75) is 26.7 Å². The van der Waals surface area contributed by atoms with Crippen LogP contribution in [0.1, 0.15) is 39.0 Å². The Labute approximate surface area is 119 Å². The second kappa shape index (κ2) is 6.16. The zero-order valence-electron chi connectivity index (χ0n) is 11.8. The SMILES string of the molecule is Cc1cccc(C)c1CCC(=O)c1ccc(C#N)cc1. The van der Waals surface area contributed by atoms with Gasteiger partial charge in [0.25, 0.3) is 0 Å². The third-order valence-electron chi connectivity index (χ3n) is 3.58. The van der Waals surface area contributed by atoms with Crippen molar-refractivity contribution in [1.82, 2.24) is 0 Å². The highest BCUT2D eigenvalue weighted by molar-refractivity contribution is 5.96. The molecule has 0 amide bonds. The first-order valence-electron chi connectivity index (χ1n) is 6.70. The van der Waals surface area contributed by atoms with E-state index >= 15 is 0 Å². The zero-order valence-corrected chi connectivity index (χ0v) is 11.8. The quantitative estimate of drug-likeness (QED) is 0.782. The number of hydrogen-bond acceptors (Lipinski definition) is 2. The number of carbonyl (C=O) groups is 1. The molecule has 0 aliphatic heterocycles. The summed E-state index contributed by atoms with van der Waals surface area (Å²) in [5.74, 6) is 0.122. The molecule has 0 aliphatic rings. The number of aryl methyl sites for hydroxylation is 2. The summed E-state index contributed by atoms with van der Waals surface area (Å²) in [6.45, 7) is 4.16. The van der Waals surface area contributed by atoms with Crippen LogP contribution in [0.3, 0.4) is 0 Å². The van der Waals surface area contributed by atoms with Crippen molar-refractivity contribution in [2.75, 3.05) is 0 Å². The molecule has 0 aromatic heterocycles. The van der Waals surface area contributed by atoms with E-state index in [0.29, 0.717) is 17.5 Å². The number of benzene rings is 2. The first-order valence-corrected chi connectivity index (χ1v) is 6.70. The van der Waals surface area contributed by atoms with E-state index in [0.717, 1.165) is 6.42 Å². The number of hydrogen-bond donors (Lipinski definition) is 0. The summed E-state index contributed by atoms with van der Waals surface area (Å²) in [6, 6.07) is 15.1. The fourth-order valence-corrected chi connectivity index (χ4v) is 2.36. The second-order valence-electron chi connectivity index (χ2n) is 4.98. The molecule has 0 aliphatic carbocycles. The molecule has 0 heterocycles. The molecule has 0 fully saturated rings. The summed E-state index contributed by atoms with van der Waals surface area (Å²) in [5, 5.41) is 8.75. The van der Waals surface area contributed by atoms with Gasteiger partial charge in [0.1, 0.15) is 0 Å². The van der Waals surface area contributed by atoms with Crippen LogP contribution in [0.15, 0.2) is 42.5 Å². The number of nitrogens with zero attached hydrogens (tertiary/aromatic N) is 1. The van der Waals surface area contributed by atoms with Crippen molar-refractivity contribution in [3.05, 3.63) is 70.3 Å². The highest BCUT2D eigenvalue weighted by Gasteiger charge is 2.08. The van der Waals surface area contributed by atoms with Crippen molar-refractivity contribution >= 4 is 5.78 Å². The van der Waals surface area contributed by atoms with Gasteiger partial charge in [-0.05, 0) is 49.1 Å². The maximum absolute atomic E-state index is 12.2. The Morgan fingerprint density at radius 2 is 1.65 bits per heavy atom. The Morgan fingerprint density at radius 3 is 2.20 bits per heavy atom. The molecule has 2 heteroatoms. The van der Waals surface area contributed by atoms with Gasteiger partial charge in [-0.2, -0.15) is 5.26 Å². The van der Waals surface area contributed by atoms with Crippen LogP contribution >= 0.6 is 0 Å². The maximum Gasteiger partial charge on any atom is 0.163 e. The molecule has 2 rings (SSSR count). The van der Waals surface area contributed by atoms with Crippen molar-refractivity contribution in [3.63, 3.8) is 0 Å². The van der Waals surface area contributed by atoms with Crippen LogP contribution in [0.4, 0.5) is 0 Å². The van der Waals surface area contributed by atoms with E-state index in [4.69, 9.17) is 5.26 Å². The summed E-state index contributed by atoms with van der Waals surface area (Å²) in [6.07, 6.45) is 1.26. The van der Waals surface area contributed by atoms with Gasteiger partial charge in [-0.25, -0.2) is 0 Å². The minimum Gasteiger partial charge on any atom is -0.294 e. The third-order valence-corrected chi connectivity index (χ3v) is 3.58. The highest BCUT2D eigenvalue weighted by atomic mass is 16.1. The number of Topliss-reactive ketones (excluding diaryl/α,β-unsaturated/α-hetero) is 1. The Balaban J connectivity index is 2.07. The maximum atomic E-state index is 12.2.